The van der Waals surface area contributed by atoms with Crippen molar-refractivity contribution < 1.29 is 19.4 Å². The first-order valence-electron chi connectivity index (χ1n) is 7.03. The van der Waals surface area contributed by atoms with Crippen molar-refractivity contribution in [2.75, 3.05) is 6.61 Å². The minimum absolute atomic E-state index is 0.0833. The van der Waals surface area contributed by atoms with E-state index < -0.39 is 5.97 Å². The van der Waals surface area contributed by atoms with E-state index in [4.69, 9.17) is 9.84 Å². The monoisotopic (exact) mass is 290 g/mol. The van der Waals surface area contributed by atoms with E-state index in [1.807, 2.05) is 43.3 Å². The standard InChI is InChI=1S/C17H22O4/c1-12(11-13(2)15-7-5-4-6-8-15)14(3)17(20)21-10-9-16(18)19/h4-8,11,13-14H,9-10H2,1-3H3,(H,18,19). The molecular formula is C17H22O4. The van der Waals surface area contributed by atoms with Crippen molar-refractivity contribution >= 4 is 11.9 Å². The molecule has 0 radical (unpaired) electrons. The molecule has 1 N–H and O–H groups in total. The lowest BCUT2D eigenvalue weighted by Gasteiger charge is -2.14. The smallest absolute Gasteiger partial charge is 0.312 e. The summed E-state index contributed by atoms with van der Waals surface area (Å²) in [6.07, 6.45) is 1.88. The Labute approximate surface area is 125 Å². The summed E-state index contributed by atoms with van der Waals surface area (Å²) in [7, 11) is 0. The second-order valence-corrected chi connectivity index (χ2v) is 5.14. The van der Waals surface area contributed by atoms with E-state index in [1.165, 1.54) is 5.56 Å². The molecule has 1 rings (SSSR count). The highest BCUT2D eigenvalue weighted by molar-refractivity contribution is 5.75. The molecule has 0 aliphatic rings. The molecule has 0 aliphatic carbocycles. The normalized spacial score (nSPS) is 14.3. The van der Waals surface area contributed by atoms with Crippen LogP contribution in [0.25, 0.3) is 0 Å². The minimum Gasteiger partial charge on any atom is -0.481 e. The van der Waals surface area contributed by atoms with Gasteiger partial charge in [-0.05, 0) is 25.3 Å². The summed E-state index contributed by atoms with van der Waals surface area (Å²) in [5.41, 5.74) is 2.11. The van der Waals surface area contributed by atoms with Gasteiger partial charge in [0.05, 0.1) is 12.3 Å². The van der Waals surface area contributed by atoms with Crippen molar-refractivity contribution in [3.63, 3.8) is 0 Å². The third-order valence-electron chi connectivity index (χ3n) is 3.44. The van der Waals surface area contributed by atoms with Gasteiger partial charge in [0, 0.05) is 0 Å². The lowest BCUT2D eigenvalue weighted by Crippen LogP contribution is -2.18. The van der Waals surface area contributed by atoms with Gasteiger partial charge >= 0.3 is 11.9 Å². The molecule has 0 saturated carbocycles. The third kappa shape index (κ3) is 5.81. The van der Waals surface area contributed by atoms with Gasteiger partial charge in [-0.3, -0.25) is 9.59 Å². The van der Waals surface area contributed by atoms with E-state index >= 15 is 0 Å². The van der Waals surface area contributed by atoms with Gasteiger partial charge in [0.15, 0.2) is 0 Å². The number of hydrogen-bond acceptors (Lipinski definition) is 3. The highest BCUT2D eigenvalue weighted by Crippen LogP contribution is 2.21. The molecule has 0 aromatic heterocycles. The fourth-order valence-electron chi connectivity index (χ4n) is 1.94. The average Bonchev–Trinajstić information content (AvgIpc) is 2.46. The van der Waals surface area contributed by atoms with Crippen LogP contribution in [0, 0.1) is 5.92 Å². The van der Waals surface area contributed by atoms with Crippen molar-refractivity contribution in [2.45, 2.75) is 33.1 Å². The Bertz CT molecular complexity index is 505. The zero-order chi connectivity index (χ0) is 15.8. The summed E-state index contributed by atoms with van der Waals surface area (Å²) < 4.78 is 4.96. The van der Waals surface area contributed by atoms with Crippen LogP contribution in [0.1, 0.15) is 38.7 Å². The summed E-state index contributed by atoms with van der Waals surface area (Å²) >= 11 is 0. The molecular weight excluding hydrogens is 268 g/mol. The summed E-state index contributed by atoms with van der Waals surface area (Å²) in [4.78, 5) is 22.2. The highest BCUT2D eigenvalue weighted by atomic mass is 16.5. The zero-order valence-corrected chi connectivity index (χ0v) is 12.7. The van der Waals surface area contributed by atoms with Crippen LogP contribution in [-0.2, 0) is 14.3 Å². The summed E-state index contributed by atoms with van der Waals surface area (Å²) in [5, 5.41) is 8.52. The van der Waals surface area contributed by atoms with Gasteiger partial charge in [-0.25, -0.2) is 0 Å². The predicted octanol–water partition coefficient (Wildman–Crippen LogP) is 3.39. The Morgan fingerprint density at radius 2 is 1.86 bits per heavy atom. The number of carboxylic acid groups (broad SMARTS) is 1. The Balaban J connectivity index is 2.60. The lowest BCUT2D eigenvalue weighted by molar-refractivity contribution is -0.148. The van der Waals surface area contributed by atoms with Crippen molar-refractivity contribution in [2.24, 2.45) is 5.92 Å². The van der Waals surface area contributed by atoms with E-state index in [0.29, 0.717) is 0 Å². The molecule has 0 spiro atoms. The minimum atomic E-state index is -0.972. The van der Waals surface area contributed by atoms with Crippen LogP contribution in [0.4, 0.5) is 0 Å². The molecule has 0 fully saturated rings. The van der Waals surface area contributed by atoms with Gasteiger partial charge < -0.3 is 9.84 Å². The maximum absolute atomic E-state index is 11.8. The molecule has 2 atom stereocenters. The Kier molecular flexibility index (Phi) is 6.66. The molecule has 21 heavy (non-hydrogen) atoms. The number of rotatable bonds is 7. The first-order chi connectivity index (χ1) is 9.91. The van der Waals surface area contributed by atoms with Gasteiger partial charge in [0.1, 0.15) is 6.61 Å². The van der Waals surface area contributed by atoms with Crippen molar-refractivity contribution in [1.29, 1.82) is 0 Å². The Hall–Kier alpha value is -2.10. The van der Waals surface area contributed by atoms with E-state index in [9.17, 15) is 9.59 Å². The summed E-state index contributed by atoms with van der Waals surface area (Å²) in [6, 6.07) is 10.0. The van der Waals surface area contributed by atoms with E-state index in [1.54, 1.807) is 6.92 Å². The van der Waals surface area contributed by atoms with Gasteiger partial charge in [0.25, 0.3) is 0 Å². The second kappa shape index (κ2) is 8.25. The second-order valence-electron chi connectivity index (χ2n) is 5.14. The summed E-state index contributed by atoms with van der Waals surface area (Å²) in [6.45, 7) is 5.65. The Morgan fingerprint density at radius 3 is 2.43 bits per heavy atom. The average molecular weight is 290 g/mol. The quantitative estimate of drug-likeness (QED) is 0.617. The molecule has 4 nitrogen and oxygen atoms in total. The number of ether oxygens (including phenoxy) is 1. The van der Waals surface area contributed by atoms with E-state index in [2.05, 4.69) is 6.92 Å². The van der Waals surface area contributed by atoms with Crippen LogP contribution in [-0.4, -0.2) is 23.7 Å². The van der Waals surface area contributed by atoms with Crippen LogP contribution in [0.3, 0.4) is 0 Å². The van der Waals surface area contributed by atoms with Gasteiger partial charge in [0.2, 0.25) is 0 Å². The number of hydrogen-bond donors (Lipinski definition) is 1. The van der Waals surface area contributed by atoms with E-state index in [0.717, 1.165) is 5.57 Å². The number of aliphatic carboxylic acids is 1. The van der Waals surface area contributed by atoms with Gasteiger partial charge in [-0.2, -0.15) is 0 Å². The SMILES string of the molecule is CC(=CC(C)c1ccccc1)C(C)C(=O)OCCC(=O)O. The van der Waals surface area contributed by atoms with Crippen LogP contribution in [0.15, 0.2) is 42.0 Å². The fraction of sp³-hybridized carbons (Fsp3) is 0.412. The van der Waals surface area contributed by atoms with Crippen molar-refractivity contribution in [3.05, 3.63) is 47.5 Å². The first kappa shape index (κ1) is 17.0. The van der Waals surface area contributed by atoms with Crippen molar-refractivity contribution in [3.8, 4) is 0 Å². The lowest BCUT2D eigenvalue weighted by atomic mass is 9.94. The molecule has 2 unspecified atom stereocenters. The fourth-order valence-corrected chi connectivity index (χ4v) is 1.94. The number of allylic oxidation sites excluding steroid dienone is 1. The number of carboxylic acids is 1. The number of carbonyl (C=O) groups excluding carboxylic acids is 1. The molecule has 1 aromatic carbocycles. The summed E-state index contributed by atoms with van der Waals surface area (Å²) in [5.74, 6) is -1.52. The predicted molar refractivity (Wildman–Crippen MR) is 81.0 cm³/mol. The number of carbonyl (C=O) groups is 2. The maximum Gasteiger partial charge on any atom is 0.312 e. The molecule has 1 aromatic rings. The molecule has 0 amide bonds. The molecule has 0 saturated heterocycles. The highest BCUT2D eigenvalue weighted by Gasteiger charge is 2.17. The van der Waals surface area contributed by atoms with Crippen LogP contribution in [0.5, 0.6) is 0 Å². The van der Waals surface area contributed by atoms with Crippen molar-refractivity contribution in [1.82, 2.24) is 0 Å². The zero-order valence-electron chi connectivity index (χ0n) is 12.7. The Morgan fingerprint density at radius 1 is 1.24 bits per heavy atom. The topological polar surface area (TPSA) is 63.6 Å². The van der Waals surface area contributed by atoms with E-state index in [-0.39, 0.29) is 30.8 Å². The third-order valence-corrected chi connectivity index (χ3v) is 3.44. The first-order valence-corrected chi connectivity index (χ1v) is 7.03. The molecule has 4 heteroatoms. The maximum atomic E-state index is 11.8. The van der Waals surface area contributed by atoms with Gasteiger partial charge in [-0.1, -0.05) is 48.9 Å². The molecule has 0 heterocycles. The van der Waals surface area contributed by atoms with Crippen LogP contribution in [0.2, 0.25) is 0 Å². The van der Waals surface area contributed by atoms with Gasteiger partial charge in [-0.15, -0.1) is 0 Å². The molecule has 114 valence electrons. The number of benzene rings is 1. The molecule has 0 aliphatic heterocycles. The van der Waals surface area contributed by atoms with Crippen LogP contribution < -0.4 is 0 Å². The van der Waals surface area contributed by atoms with Crippen LogP contribution >= 0.6 is 0 Å². The number of esters is 1. The largest absolute Gasteiger partial charge is 0.481 e. The molecule has 0 bridgehead atoms.